The highest BCUT2D eigenvalue weighted by atomic mass is 19.1. The molecule has 5 nitrogen and oxygen atoms in total. The number of rotatable bonds is 3. The lowest BCUT2D eigenvalue weighted by Crippen LogP contribution is -2.01. The average molecular weight is 269 g/mol. The first-order valence-corrected chi connectivity index (χ1v) is 5.23. The van der Waals surface area contributed by atoms with E-state index in [1.807, 2.05) is 0 Å². The third-order valence-corrected chi connectivity index (χ3v) is 1.97. The number of hydrogen-bond donors (Lipinski definition) is 0. The zero-order valence-corrected chi connectivity index (χ0v) is 9.91. The molecule has 1 aromatic rings. The van der Waals surface area contributed by atoms with Crippen molar-refractivity contribution in [1.82, 2.24) is 0 Å². The van der Waals surface area contributed by atoms with E-state index in [1.165, 1.54) is 0 Å². The van der Waals surface area contributed by atoms with Crippen LogP contribution < -0.4 is 0 Å². The first-order chi connectivity index (χ1) is 8.95. The van der Waals surface area contributed by atoms with Gasteiger partial charge in [0.2, 0.25) is 11.6 Å². The lowest BCUT2D eigenvalue weighted by Gasteiger charge is -1.97. The number of nitrogens with zero attached hydrogens (tertiary/aromatic N) is 1. The van der Waals surface area contributed by atoms with E-state index < -0.39 is 28.2 Å². The minimum absolute atomic E-state index is 0.0927. The van der Waals surface area contributed by atoms with E-state index in [4.69, 9.17) is 0 Å². The van der Waals surface area contributed by atoms with Gasteiger partial charge in [0.25, 0.3) is 0 Å². The lowest BCUT2D eigenvalue weighted by atomic mass is 10.2. The minimum atomic E-state index is -1.31. The van der Waals surface area contributed by atoms with Crippen molar-refractivity contribution in [3.63, 3.8) is 0 Å². The Hall–Kier alpha value is -2.49. The van der Waals surface area contributed by atoms with E-state index in [-0.39, 0.29) is 18.6 Å². The molecule has 0 saturated carbocycles. The number of hydrogen-bond acceptors (Lipinski definition) is 4. The molecule has 0 aliphatic carbocycles. The normalized spacial score (nSPS) is 9.42. The van der Waals surface area contributed by atoms with E-state index in [0.717, 1.165) is 12.1 Å². The summed E-state index contributed by atoms with van der Waals surface area (Å²) in [6.07, 6.45) is -0.228. The van der Waals surface area contributed by atoms with Gasteiger partial charge < -0.3 is 4.74 Å². The molecule has 100 valence electrons. The molecular weight excluding hydrogens is 260 g/mol. The van der Waals surface area contributed by atoms with Gasteiger partial charge in [-0.25, -0.2) is 0 Å². The fraction of sp³-hybridized carbons (Fsp3) is 0.250. The van der Waals surface area contributed by atoms with Gasteiger partial charge in [-0.15, -0.1) is 0 Å². The van der Waals surface area contributed by atoms with Crippen LogP contribution in [-0.2, 0) is 9.53 Å². The molecule has 0 aromatic heterocycles. The molecule has 0 N–H and O–H groups in total. The molecule has 19 heavy (non-hydrogen) atoms. The van der Waals surface area contributed by atoms with Gasteiger partial charge >= 0.3 is 11.7 Å². The molecule has 1 rings (SSSR count). The summed E-state index contributed by atoms with van der Waals surface area (Å²) in [5.41, 5.74) is -1.32. The summed E-state index contributed by atoms with van der Waals surface area (Å²) >= 11 is 0. The summed E-state index contributed by atoms with van der Waals surface area (Å²) in [5.74, 6) is 1.50. The first kappa shape index (κ1) is 14.6. The zero-order valence-electron chi connectivity index (χ0n) is 9.91. The molecule has 0 atom stereocenters. The smallest absolute Gasteiger partial charge is 0.340 e. The quantitative estimate of drug-likeness (QED) is 0.365. The first-order valence-electron chi connectivity index (χ1n) is 5.23. The van der Waals surface area contributed by atoms with Crippen LogP contribution in [0.2, 0.25) is 0 Å². The monoisotopic (exact) mass is 269 g/mol. The molecule has 0 unspecified atom stereocenters. The molecule has 0 aliphatic heterocycles. The Kier molecular flexibility index (Phi) is 4.94. The second-order valence-corrected chi connectivity index (χ2v) is 3.33. The fourth-order valence-corrected chi connectivity index (χ4v) is 1.24. The van der Waals surface area contributed by atoms with E-state index in [9.17, 15) is 23.7 Å². The van der Waals surface area contributed by atoms with Crippen LogP contribution in [0.4, 0.5) is 14.5 Å². The molecule has 0 saturated heterocycles. The Balaban J connectivity index is 2.90. The molecule has 0 spiro atoms. The second kappa shape index (κ2) is 6.44. The Morgan fingerprint density at radius 1 is 1.42 bits per heavy atom. The topological polar surface area (TPSA) is 69.4 Å². The van der Waals surface area contributed by atoms with Gasteiger partial charge in [0.05, 0.1) is 11.5 Å². The summed E-state index contributed by atoms with van der Waals surface area (Å²) in [6, 6.07) is 1.47. The highest BCUT2D eigenvalue weighted by Gasteiger charge is 2.21. The Morgan fingerprint density at radius 3 is 2.47 bits per heavy atom. The molecule has 7 heteroatoms. The summed E-state index contributed by atoms with van der Waals surface area (Å²) in [6.45, 7) is 1.84. The maximum Gasteiger partial charge on any atom is 0.340 e. The van der Waals surface area contributed by atoms with Crippen LogP contribution in [0.15, 0.2) is 12.1 Å². The number of nitro benzene ring substituents is 1. The van der Waals surface area contributed by atoms with E-state index in [1.54, 1.807) is 6.92 Å². The summed E-state index contributed by atoms with van der Waals surface area (Å²) in [4.78, 5) is 20.2. The van der Waals surface area contributed by atoms with Gasteiger partial charge in [-0.1, -0.05) is 11.8 Å². The maximum atomic E-state index is 13.2. The summed E-state index contributed by atoms with van der Waals surface area (Å²) < 4.78 is 31.1. The number of carbonyl (C=O) groups is 1. The summed E-state index contributed by atoms with van der Waals surface area (Å²) in [7, 11) is 0. The summed E-state index contributed by atoms with van der Waals surface area (Å²) in [5, 5.41) is 10.4. The fourth-order valence-electron chi connectivity index (χ4n) is 1.24. The van der Waals surface area contributed by atoms with Gasteiger partial charge in [-0.2, -0.15) is 8.78 Å². The van der Waals surface area contributed by atoms with Crippen molar-refractivity contribution < 1.29 is 23.2 Å². The van der Waals surface area contributed by atoms with Crippen LogP contribution >= 0.6 is 0 Å². The highest BCUT2D eigenvalue weighted by Crippen LogP contribution is 2.22. The van der Waals surface area contributed by atoms with Crippen molar-refractivity contribution in [1.29, 1.82) is 0 Å². The van der Waals surface area contributed by atoms with Crippen molar-refractivity contribution in [3.05, 3.63) is 39.4 Å². The van der Waals surface area contributed by atoms with E-state index in [2.05, 4.69) is 16.6 Å². The minimum Gasteiger partial charge on any atom is -0.465 e. The van der Waals surface area contributed by atoms with Crippen LogP contribution in [0.5, 0.6) is 0 Å². The van der Waals surface area contributed by atoms with Crippen LogP contribution in [0, 0.1) is 33.6 Å². The van der Waals surface area contributed by atoms with Gasteiger partial charge in [0, 0.05) is 5.56 Å². The Morgan fingerprint density at radius 2 is 2.00 bits per heavy atom. The van der Waals surface area contributed by atoms with E-state index >= 15 is 0 Å². The molecule has 0 bridgehead atoms. The molecule has 0 fully saturated rings. The van der Waals surface area contributed by atoms with Crippen molar-refractivity contribution in [3.8, 4) is 11.8 Å². The maximum absolute atomic E-state index is 13.2. The molecule has 1 aromatic carbocycles. The van der Waals surface area contributed by atoms with Gasteiger partial charge in [-0.3, -0.25) is 14.9 Å². The van der Waals surface area contributed by atoms with Gasteiger partial charge in [-0.05, 0) is 19.1 Å². The molecule has 0 radical (unpaired) electrons. The van der Waals surface area contributed by atoms with Crippen LogP contribution in [0.25, 0.3) is 0 Å². The van der Waals surface area contributed by atoms with Crippen molar-refractivity contribution in [2.75, 3.05) is 6.61 Å². The predicted octanol–water partition coefficient (Wildman–Crippen LogP) is 2.18. The Bertz CT molecular complexity index is 552. The average Bonchev–Trinajstić information content (AvgIpc) is 2.27. The van der Waals surface area contributed by atoms with Crippen molar-refractivity contribution in [2.45, 2.75) is 13.3 Å². The number of carbonyl (C=O) groups excluding carboxylic acids is 1. The Labute approximate surface area is 107 Å². The molecule has 0 amide bonds. The standard InChI is InChI=1S/C12H9F2NO4/c1-2-19-11(16)5-3-4-8-6-9(13)12(15(17)18)10(14)7-8/h6-7H,2,5H2,1H3. The lowest BCUT2D eigenvalue weighted by molar-refractivity contribution is -0.390. The highest BCUT2D eigenvalue weighted by molar-refractivity contribution is 5.72. The van der Waals surface area contributed by atoms with E-state index in [0.29, 0.717) is 0 Å². The number of nitro groups is 1. The third-order valence-electron chi connectivity index (χ3n) is 1.97. The van der Waals surface area contributed by atoms with Gasteiger partial charge in [0.15, 0.2) is 0 Å². The predicted molar refractivity (Wildman–Crippen MR) is 61.1 cm³/mol. The van der Waals surface area contributed by atoms with Crippen molar-refractivity contribution >= 4 is 11.7 Å². The van der Waals surface area contributed by atoms with Crippen molar-refractivity contribution in [2.24, 2.45) is 0 Å². The second-order valence-electron chi connectivity index (χ2n) is 3.33. The number of ether oxygens (including phenoxy) is 1. The molecular formula is C12H9F2NO4. The number of halogens is 2. The van der Waals surface area contributed by atoms with Crippen LogP contribution in [0.3, 0.4) is 0 Å². The SMILES string of the molecule is CCOC(=O)CC#Cc1cc(F)c([N+](=O)[O-])c(F)c1. The third kappa shape index (κ3) is 4.03. The molecule has 0 aliphatic rings. The van der Waals surface area contributed by atoms with Crippen LogP contribution in [0.1, 0.15) is 18.9 Å². The zero-order chi connectivity index (χ0) is 14.4. The molecule has 0 heterocycles. The largest absolute Gasteiger partial charge is 0.465 e. The number of esters is 1. The van der Waals surface area contributed by atoms with Gasteiger partial charge in [0.1, 0.15) is 6.42 Å². The van der Waals surface area contributed by atoms with Crippen LogP contribution in [-0.4, -0.2) is 17.5 Å². The number of benzene rings is 1.